The SMILES string of the molecule is CCc1nc(C#N)c(NN=Cc2ccc(O)cc2)o1. The molecule has 0 spiro atoms. The molecule has 1 aromatic heterocycles. The van der Waals surface area contributed by atoms with Crippen molar-refractivity contribution >= 4 is 12.1 Å². The lowest BCUT2D eigenvalue weighted by Gasteiger charge is -1.95. The van der Waals surface area contributed by atoms with Crippen LogP contribution >= 0.6 is 0 Å². The third-order valence-corrected chi connectivity index (χ3v) is 2.35. The van der Waals surface area contributed by atoms with Crippen molar-refractivity contribution in [1.82, 2.24) is 4.98 Å². The van der Waals surface area contributed by atoms with Crippen LogP contribution in [0.4, 0.5) is 5.88 Å². The van der Waals surface area contributed by atoms with E-state index < -0.39 is 0 Å². The number of nitrogens with zero attached hydrogens (tertiary/aromatic N) is 3. The Bertz CT molecular complexity index is 623. The van der Waals surface area contributed by atoms with Crippen molar-refractivity contribution in [3.8, 4) is 11.8 Å². The van der Waals surface area contributed by atoms with Gasteiger partial charge in [-0.1, -0.05) is 6.92 Å². The monoisotopic (exact) mass is 256 g/mol. The van der Waals surface area contributed by atoms with Crippen molar-refractivity contribution in [3.63, 3.8) is 0 Å². The van der Waals surface area contributed by atoms with Crippen LogP contribution in [0.5, 0.6) is 5.75 Å². The second-order valence-electron chi connectivity index (χ2n) is 3.71. The zero-order valence-electron chi connectivity index (χ0n) is 10.3. The molecule has 0 radical (unpaired) electrons. The van der Waals surface area contributed by atoms with Gasteiger partial charge in [0.1, 0.15) is 11.8 Å². The first-order chi connectivity index (χ1) is 9.22. The fraction of sp³-hybridized carbons (Fsp3) is 0.154. The summed E-state index contributed by atoms with van der Waals surface area (Å²) < 4.78 is 5.31. The minimum Gasteiger partial charge on any atom is -0.508 e. The first-order valence-corrected chi connectivity index (χ1v) is 5.71. The Morgan fingerprint density at radius 3 is 2.84 bits per heavy atom. The average molecular weight is 256 g/mol. The minimum atomic E-state index is 0.180. The van der Waals surface area contributed by atoms with E-state index in [4.69, 9.17) is 14.8 Å². The highest BCUT2D eigenvalue weighted by Crippen LogP contribution is 2.16. The number of hydrogen-bond donors (Lipinski definition) is 2. The summed E-state index contributed by atoms with van der Waals surface area (Å²) in [6.45, 7) is 1.89. The lowest BCUT2D eigenvalue weighted by Crippen LogP contribution is -1.91. The summed E-state index contributed by atoms with van der Waals surface area (Å²) in [5.41, 5.74) is 3.62. The fourth-order valence-corrected chi connectivity index (χ4v) is 1.39. The fourth-order valence-electron chi connectivity index (χ4n) is 1.39. The number of aryl methyl sites for hydroxylation is 1. The summed E-state index contributed by atoms with van der Waals surface area (Å²) in [7, 11) is 0. The number of hydrazone groups is 1. The van der Waals surface area contributed by atoms with Gasteiger partial charge < -0.3 is 9.52 Å². The number of rotatable bonds is 4. The summed E-state index contributed by atoms with van der Waals surface area (Å²) in [6.07, 6.45) is 2.16. The van der Waals surface area contributed by atoms with E-state index in [1.807, 2.05) is 13.0 Å². The van der Waals surface area contributed by atoms with Crippen LogP contribution in [0.3, 0.4) is 0 Å². The Morgan fingerprint density at radius 1 is 1.47 bits per heavy atom. The van der Waals surface area contributed by atoms with Gasteiger partial charge in [0.2, 0.25) is 5.69 Å². The number of phenols is 1. The number of oxazole rings is 1. The highest BCUT2D eigenvalue weighted by atomic mass is 16.4. The van der Waals surface area contributed by atoms with Gasteiger partial charge in [0.05, 0.1) is 6.21 Å². The second-order valence-corrected chi connectivity index (χ2v) is 3.71. The van der Waals surface area contributed by atoms with Gasteiger partial charge in [-0.05, 0) is 29.8 Å². The number of aromatic hydroxyl groups is 1. The molecule has 2 rings (SSSR count). The molecule has 6 heteroatoms. The molecule has 0 amide bonds. The smallest absolute Gasteiger partial charge is 0.252 e. The van der Waals surface area contributed by atoms with Crippen molar-refractivity contribution in [2.45, 2.75) is 13.3 Å². The van der Waals surface area contributed by atoms with Gasteiger partial charge in [0, 0.05) is 6.42 Å². The van der Waals surface area contributed by atoms with E-state index in [2.05, 4.69) is 15.5 Å². The highest BCUT2D eigenvalue weighted by Gasteiger charge is 2.10. The van der Waals surface area contributed by atoms with Crippen molar-refractivity contribution in [2.75, 3.05) is 5.43 Å². The Balaban J connectivity index is 2.08. The largest absolute Gasteiger partial charge is 0.508 e. The quantitative estimate of drug-likeness (QED) is 0.646. The predicted octanol–water partition coefficient (Wildman–Crippen LogP) is 2.26. The van der Waals surface area contributed by atoms with Gasteiger partial charge in [-0.3, -0.25) is 0 Å². The second kappa shape index (κ2) is 5.69. The van der Waals surface area contributed by atoms with Gasteiger partial charge in [-0.25, -0.2) is 10.4 Å². The zero-order valence-corrected chi connectivity index (χ0v) is 10.3. The molecule has 1 aromatic carbocycles. The zero-order chi connectivity index (χ0) is 13.7. The van der Waals surface area contributed by atoms with Crippen LogP contribution in [0.25, 0.3) is 0 Å². The van der Waals surface area contributed by atoms with E-state index in [-0.39, 0.29) is 17.3 Å². The molecule has 2 N–H and O–H groups in total. The first kappa shape index (κ1) is 12.6. The average Bonchev–Trinajstić information content (AvgIpc) is 2.83. The van der Waals surface area contributed by atoms with Crippen LogP contribution in [-0.2, 0) is 6.42 Å². The summed E-state index contributed by atoms with van der Waals surface area (Å²) in [5, 5.41) is 22.0. The summed E-state index contributed by atoms with van der Waals surface area (Å²) in [6, 6.07) is 8.48. The van der Waals surface area contributed by atoms with E-state index in [0.717, 1.165) is 5.56 Å². The van der Waals surface area contributed by atoms with Crippen LogP contribution in [0.15, 0.2) is 33.8 Å². The van der Waals surface area contributed by atoms with E-state index >= 15 is 0 Å². The molecular formula is C13H12N4O2. The molecular weight excluding hydrogens is 244 g/mol. The van der Waals surface area contributed by atoms with E-state index in [9.17, 15) is 0 Å². The third-order valence-electron chi connectivity index (χ3n) is 2.35. The van der Waals surface area contributed by atoms with Gasteiger partial charge in [0.15, 0.2) is 5.89 Å². The number of aromatic nitrogens is 1. The minimum absolute atomic E-state index is 0.180. The van der Waals surface area contributed by atoms with E-state index in [1.54, 1.807) is 30.5 Å². The van der Waals surface area contributed by atoms with Crippen LogP contribution in [0.1, 0.15) is 24.1 Å². The molecule has 0 fully saturated rings. The summed E-state index contributed by atoms with van der Waals surface area (Å²) in [4.78, 5) is 3.99. The molecule has 0 aliphatic carbocycles. The molecule has 19 heavy (non-hydrogen) atoms. The maximum absolute atomic E-state index is 9.14. The number of benzene rings is 1. The molecule has 6 nitrogen and oxygen atoms in total. The number of anilines is 1. The molecule has 1 heterocycles. The Labute approximate surface area is 110 Å². The number of nitriles is 1. The maximum Gasteiger partial charge on any atom is 0.252 e. The number of nitrogens with one attached hydrogen (secondary N) is 1. The van der Waals surface area contributed by atoms with Crippen molar-refractivity contribution in [1.29, 1.82) is 5.26 Å². The lowest BCUT2D eigenvalue weighted by molar-refractivity contribution is 0.475. The van der Waals surface area contributed by atoms with Gasteiger partial charge in [-0.15, -0.1) is 0 Å². The van der Waals surface area contributed by atoms with Crippen molar-refractivity contribution in [2.24, 2.45) is 5.10 Å². The Kier molecular flexibility index (Phi) is 3.78. The topological polar surface area (TPSA) is 94.4 Å². The number of hydrogen-bond acceptors (Lipinski definition) is 6. The molecule has 0 bridgehead atoms. The van der Waals surface area contributed by atoms with Gasteiger partial charge >= 0.3 is 0 Å². The molecule has 0 aliphatic heterocycles. The molecule has 0 saturated carbocycles. The highest BCUT2D eigenvalue weighted by molar-refractivity contribution is 5.80. The molecule has 2 aromatic rings. The Morgan fingerprint density at radius 2 is 2.21 bits per heavy atom. The number of phenolic OH excluding ortho intramolecular Hbond substituents is 1. The molecule has 96 valence electrons. The van der Waals surface area contributed by atoms with Crippen LogP contribution < -0.4 is 5.43 Å². The van der Waals surface area contributed by atoms with Crippen molar-refractivity contribution < 1.29 is 9.52 Å². The summed E-state index contributed by atoms with van der Waals surface area (Å²) >= 11 is 0. The van der Waals surface area contributed by atoms with E-state index in [1.165, 1.54) is 0 Å². The molecule has 0 atom stereocenters. The maximum atomic E-state index is 9.14. The van der Waals surface area contributed by atoms with Crippen LogP contribution in [-0.4, -0.2) is 16.3 Å². The molecule has 0 saturated heterocycles. The molecule has 0 aliphatic rings. The van der Waals surface area contributed by atoms with Crippen LogP contribution in [0.2, 0.25) is 0 Å². The first-order valence-electron chi connectivity index (χ1n) is 5.71. The normalized spacial score (nSPS) is 10.5. The van der Waals surface area contributed by atoms with Crippen molar-refractivity contribution in [3.05, 3.63) is 41.4 Å². The predicted molar refractivity (Wildman–Crippen MR) is 69.9 cm³/mol. The Hall–Kier alpha value is -2.81. The van der Waals surface area contributed by atoms with Gasteiger partial charge in [-0.2, -0.15) is 10.4 Å². The summed E-state index contributed by atoms with van der Waals surface area (Å²) in [5.74, 6) is 0.910. The molecule has 0 unspecified atom stereocenters. The lowest BCUT2D eigenvalue weighted by atomic mass is 10.2. The van der Waals surface area contributed by atoms with E-state index in [0.29, 0.717) is 12.3 Å². The van der Waals surface area contributed by atoms with Gasteiger partial charge in [0.25, 0.3) is 5.88 Å². The third kappa shape index (κ3) is 3.10. The van der Waals surface area contributed by atoms with Crippen LogP contribution in [0, 0.1) is 11.3 Å². The standard InChI is InChI=1S/C13H12N4O2/c1-2-12-16-11(7-14)13(19-12)17-15-8-9-3-5-10(18)6-4-9/h3-6,8,17-18H,2H2,1H3.